The van der Waals surface area contributed by atoms with Crippen LogP contribution in [0.4, 0.5) is 0 Å². The lowest BCUT2D eigenvalue weighted by Gasteiger charge is -2.37. The maximum absolute atomic E-state index is 4.95. The van der Waals surface area contributed by atoms with Crippen molar-refractivity contribution in [2.24, 2.45) is 22.7 Å². The number of piperidine rings is 1. The van der Waals surface area contributed by atoms with Gasteiger partial charge in [-0.3, -0.25) is 4.99 Å². The Morgan fingerprint density at radius 2 is 1.82 bits per heavy atom. The highest BCUT2D eigenvalue weighted by molar-refractivity contribution is 5.80. The van der Waals surface area contributed by atoms with E-state index in [4.69, 9.17) is 4.99 Å². The first kappa shape index (κ1) is 17.6. The van der Waals surface area contributed by atoms with Crippen molar-refractivity contribution in [1.82, 2.24) is 15.1 Å². The first-order valence-corrected chi connectivity index (χ1v) is 9.34. The van der Waals surface area contributed by atoms with Gasteiger partial charge < -0.3 is 15.1 Å². The highest BCUT2D eigenvalue weighted by atomic mass is 15.3. The molecule has 3 atom stereocenters. The summed E-state index contributed by atoms with van der Waals surface area (Å²) in [5, 5.41) is 3.50. The second kappa shape index (κ2) is 8.76. The van der Waals surface area contributed by atoms with Crippen molar-refractivity contribution in [3.8, 4) is 0 Å². The molecule has 1 N–H and O–H groups in total. The fraction of sp³-hybridized carbons (Fsp3) is 0.944. The molecular formula is C18H36N4. The normalized spacial score (nSPS) is 28.9. The molecule has 3 unspecified atom stereocenters. The summed E-state index contributed by atoms with van der Waals surface area (Å²) in [5.74, 6) is 3.32. The predicted molar refractivity (Wildman–Crippen MR) is 95.3 cm³/mol. The third-order valence-electron chi connectivity index (χ3n) is 4.82. The average Bonchev–Trinajstić information content (AvgIpc) is 2.95. The molecule has 0 aromatic rings. The molecule has 0 bridgehead atoms. The molecule has 0 aromatic carbocycles. The zero-order valence-corrected chi connectivity index (χ0v) is 15.1. The lowest BCUT2D eigenvalue weighted by Crippen LogP contribution is -2.48. The highest BCUT2D eigenvalue weighted by Gasteiger charge is 2.24. The summed E-state index contributed by atoms with van der Waals surface area (Å²) >= 11 is 0. The number of nitrogens with one attached hydrogen (secondary N) is 1. The zero-order valence-electron chi connectivity index (χ0n) is 15.1. The van der Waals surface area contributed by atoms with Gasteiger partial charge in [0.25, 0.3) is 0 Å². The molecule has 0 aromatic heterocycles. The van der Waals surface area contributed by atoms with Crippen LogP contribution in [0.1, 0.15) is 47.0 Å². The van der Waals surface area contributed by atoms with Gasteiger partial charge in [0.2, 0.25) is 0 Å². The first-order valence-electron chi connectivity index (χ1n) is 9.34. The van der Waals surface area contributed by atoms with E-state index in [2.05, 4.69) is 42.8 Å². The third kappa shape index (κ3) is 5.45. The molecule has 2 saturated heterocycles. The van der Waals surface area contributed by atoms with Gasteiger partial charge in [0, 0.05) is 32.7 Å². The summed E-state index contributed by atoms with van der Waals surface area (Å²) in [7, 11) is 0. The SMILES string of the molecule is CCNC(=NCC(C)CN1CCCC1)N1CC(C)CC(C)C1. The van der Waals surface area contributed by atoms with Crippen molar-refractivity contribution in [1.29, 1.82) is 0 Å². The minimum absolute atomic E-state index is 0.645. The molecule has 0 aliphatic carbocycles. The Morgan fingerprint density at radius 3 is 2.41 bits per heavy atom. The molecular weight excluding hydrogens is 272 g/mol. The van der Waals surface area contributed by atoms with Gasteiger partial charge in [0.05, 0.1) is 0 Å². The van der Waals surface area contributed by atoms with Gasteiger partial charge in [-0.1, -0.05) is 20.8 Å². The summed E-state index contributed by atoms with van der Waals surface area (Å²) in [4.78, 5) is 10.0. The van der Waals surface area contributed by atoms with E-state index in [1.54, 1.807) is 0 Å². The molecule has 0 saturated carbocycles. The van der Waals surface area contributed by atoms with Gasteiger partial charge in [0.1, 0.15) is 0 Å². The van der Waals surface area contributed by atoms with Crippen LogP contribution < -0.4 is 5.32 Å². The van der Waals surface area contributed by atoms with E-state index >= 15 is 0 Å². The second-order valence-corrected chi connectivity index (χ2v) is 7.66. The predicted octanol–water partition coefficient (Wildman–Crippen LogP) is 2.66. The number of hydrogen-bond acceptors (Lipinski definition) is 2. The number of aliphatic imine (C=N–C) groups is 1. The van der Waals surface area contributed by atoms with E-state index in [-0.39, 0.29) is 0 Å². The van der Waals surface area contributed by atoms with E-state index in [1.807, 2.05) is 0 Å². The second-order valence-electron chi connectivity index (χ2n) is 7.66. The quantitative estimate of drug-likeness (QED) is 0.626. The molecule has 2 rings (SSSR count). The molecule has 2 fully saturated rings. The van der Waals surface area contributed by atoms with Crippen molar-refractivity contribution in [2.45, 2.75) is 47.0 Å². The van der Waals surface area contributed by atoms with E-state index < -0.39 is 0 Å². The van der Waals surface area contributed by atoms with Crippen molar-refractivity contribution >= 4 is 5.96 Å². The van der Waals surface area contributed by atoms with Crippen molar-refractivity contribution < 1.29 is 0 Å². The highest BCUT2D eigenvalue weighted by Crippen LogP contribution is 2.21. The molecule has 4 nitrogen and oxygen atoms in total. The van der Waals surface area contributed by atoms with Crippen LogP contribution in [0.3, 0.4) is 0 Å². The van der Waals surface area contributed by atoms with Crippen molar-refractivity contribution in [3.05, 3.63) is 0 Å². The van der Waals surface area contributed by atoms with Gasteiger partial charge in [-0.05, 0) is 57.0 Å². The van der Waals surface area contributed by atoms with E-state index in [0.717, 1.165) is 44.0 Å². The Bertz CT molecular complexity index is 339. The van der Waals surface area contributed by atoms with Gasteiger partial charge in [-0.15, -0.1) is 0 Å². The molecule has 0 spiro atoms. The minimum atomic E-state index is 0.645. The van der Waals surface area contributed by atoms with Crippen LogP contribution in [0.5, 0.6) is 0 Å². The van der Waals surface area contributed by atoms with Crippen LogP contribution in [0.2, 0.25) is 0 Å². The lowest BCUT2D eigenvalue weighted by molar-refractivity contribution is 0.208. The molecule has 0 radical (unpaired) electrons. The maximum atomic E-state index is 4.95. The van der Waals surface area contributed by atoms with Gasteiger partial charge in [-0.25, -0.2) is 0 Å². The summed E-state index contributed by atoms with van der Waals surface area (Å²) in [6.07, 6.45) is 4.10. The number of guanidine groups is 1. The summed E-state index contributed by atoms with van der Waals surface area (Å²) < 4.78 is 0. The Labute approximate surface area is 137 Å². The molecule has 4 heteroatoms. The molecule has 22 heavy (non-hydrogen) atoms. The molecule has 2 aliphatic rings. The van der Waals surface area contributed by atoms with Crippen LogP contribution in [-0.4, -0.2) is 61.6 Å². The van der Waals surface area contributed by atoms with Gasteiger partial charge in [0.15, 0.2) is 5.96 Å². The monoisotopic (exact) mass is 308 g/mol. The van der Waals surface area contributed by atoms with Crippen molar-refractivity contribution in [2.75, 3.05) is 45.8 Å². The van der Waals surface area contributed by atoms with Crippen LogP contribution in [0.25, 0.3) is 0 Å². The molecule has 0 amide bonds. The standard InChI is InChI=1S/C18H36N4/c1-5-19-18(22-13-15(2)10-16(3)14-22)20-11-17(4)12-21-8-6-7-9-21/h15-17H,5-14H2,1-4H3,(H,19,20). The molecule has 2 aliphatic heterocycles. The Balaban J connectivity index is 1.88. The van der Waals surface area contributed by atoms with Crippen LogP contribution in [-0.2, 0) is 0 Å². The maximum Gasteiger partial charge on any atom is 0.193 e. The minimum Gasteiger partial charge on any atom is -0.357 e. The summed E-state index contributed by atoms with van der Waals surface area (Å²) in [6, 6.07) is 0. The third-order valence-corrected chi connectivity index (χ3v) is 4.82. The van der Waals surface area contributed by atoms with E-state index in [0.29, 0.717) is 5.92 Å². The summed E-state index contributed by atoms with van der Waals surface area (Å²) in [6.45, 7) is 17.2. The fourth-order valence-electron chi connectivity index (χ4n) is 3.97. The lowest BCUT2D eigenvalue weighted by atomic mass is 9.92. The number of nitrogens with zero attached hydrogens (tertiary/aromatic N) is 3. The Kier molecular flexibility index (Phi) is 7.00. The van der Waals surface area contributed by atoms with Gasteiger partial charge in [-0.2, -0.15) is 0 Å². The van der Waals surface area contributed by atoms with Crippen molar-refractivity contribution in [3.63, 3.8) is 0 Å². The van der Waals surface area contributed by atoms with Gasteiger partial charge >= 0.3 is 0 Å². The van der Waals surface area contributed by atoms with Crippen LogP contribution in [0.15, 0.2) is 4.99 Å². The molecule has 128 valence electrons. The first-order chi connectivity index (χ1) is 10.6. The van der Waals surface area contributed by atoms with E-state index in [9.17, 15) is 0 Å². The van der Waals surface area contributed by atoms with E-state index in [1.165, 1.54) is 38.9 Å². The number of likely N-dealkylation sites (tertiary alicyclic amines) is 2. The zero-order chi connectivity index (χ0) is 15.9. The van der Waals surface area contributed by atoms with Crippen LogP contribution >= 0.6 is 0 Å². The number of hydrogen-bond donors (Lipinski definition) is 1. The number of rotatable bonds is 5. The Hall–Kier alpha value is -0.770. The Morgan fingerprint density at radius 1 is 1.18 bits per heavy atom. The van der Waals surface area contributed by atoms with Crippen LogP contribution in [0, 0.1) is 17.8 Å². The molecule has 2 heterocycles. The fourth-order valence-corrected chi connectivity index (χ4v) is 3.97. The largest absolute Gasteiger partial charge is 0.357 e. The smallest absolute Gasteiger partial charge is 0.193 e. The average molecular weight is 309 g/mol. The summed E-state index contributed by atoms with van der Waals surface area (Å²) in [5.41, 5.74) is 0. The topological polar surface area (TPSA) is 30.9 Å².